The van der Waals surface area contributed by atoms with E-state index in [1.807, 2.05) is 6.92 Å². The van der Waals surface area contributed by atoms with E-state index >= 15 is 0 Å². The van der Waals surface area contributed by atoms with Crippen LogP contribution in [-0.2, 0) is 14.8 Å². The maximum Gasteiger partial charge on any atom is 0.245 e. The van der Waals surface area contributed by atoms with Gasteiger partial charge in [0.1, 0.15) is 10.7 Å². The maximum absolute atomic E-state index is 13.3. The number of sulfonamides is 1. The zero-order valence-electron chi connectivity index (χ0n) is 11.3. The second kappa shape index (κ2) is 7.66. The highest BCUT2D eigenvalue weighted by molar-refractivity contribution is 9.11. The van der Waals surface area contributed by atoms with E-state index in [-0.39, 0.29) is 20.4 Å². The number of benzene rings is 1. The van der Waals surface area contributed by atoms with Crippen LogP contribution in [0.25, 0.3) is 0 Å². The summed E-state index contributed by atoms with van der Waals surface area (Å²) in [6.07, 6.45) is 1.35. The summed E-state index contributed by atoms with van der Waals surface area (Å²) in [5.41, 5.74) is 5.11. The molecule has 1 amide bonds. The number of rotatable bonds is 7. The van der Waals surface area contributed by atoms with Crippen molar-refractivity contribution in [3.8, 4) is 0 Å². The molecule has 0 saturated heterocycles. The van der Waals surface area contributed by atoms with Crippen LogP contribution in [0.5, 0.6) is 0 Å². The average molecular weight is 446 g/mol. The number of carbonyl (C=O) groups is 1. The average Bonchev–Trinajstić information content (AvgIpc) is 2.32. The van der Waals surface area contributed by atoms with Crippen LogP contribution >= 0.6 is 31.9 Å². The van der Waals surface area contributed by atoms with E-state index in [0.29, 0.717) is 6.42 Å². The highest BCUT2D eigenvalue weighted by Gasteiger charge is 2.30. The Labute approximate surface area is 140 Å². The van der Waals surface area contributed by atoms with E-state index in [1.54, 1.807) is 0 Å². The zero-order chi connectivity index (χ0) is 16.2. The number of hydrogen-bond donors (Lipinski definition) is 1. The van der Waals surface area contributed by atoms with Crippen molar-refractivity contribution in [1.29, 1.82) is 0 Å². The molecule has 1 aromatic rings. The zero-order valence-corrected chi connectivity index (χ0v) is 15.3. The van der Waals surface area contributed by atoms with Crippen molar-refractivity contribution in [3.63, 3.8) is 0 Å². The highest BCUT2D eigenvalue weighted by Crippen LogP contribution is 2.33. The number of nitrogens with two attached hydrogens (primary N) is 1. The lowest BCUT2D eigenvalue weighted by atomic mass is 10.3. The number of amides is 1. The standard InChI is InChI=1S/C12H15Br2FN2O3S/c1-2-3-4-17(7-11(16)18)21(19,20)12-9(13)5-8(15)6-10(12)14/h5-6H,2-4,7H2,1H3,(H2,16,18). The molecule has 0 aromatic heterocycles. The van der Waals surface area contributed by atoms with Crippen molar-refractivity contribution >= 4 is 47.8 Å². The summed E-state index contributed by atoms with van der Waals surface area (Å²) >= 11 is 6.09. The van der Waals surface area contributed by atoms with E-state index in [2.05, 4.69) is 31.9 Å². The van der Waals surface area contributed by atoms with Gasteiger partial charge in [0.2, 0.25) is 15.9 Å². The first-order chi connectivity index (χ1) is 9.70. The molecule has 0 bridgehead atoms. The molecule has 2 N–H and O–H groups in total. The molecule has 9 heteroatoms. The number of halogens is 3. The first-order valence-electron chi connectivity index (χ1n) is 6.13. The summed E-state index contributed by atoms with van der Waals surface area (Å²) < 4.78 is 39.8. The predicted molar refractivity (Wildman–Crippen MR) is 84.7 cm³/mol. The fourth-order valence-electron chi connectivity index (χ4n) is 1.70. The van der Waals surface area contributed by atoms with Crippen molar-refractivity contribution in [3.05, 3.63) is 26.9 Å². The van der Waals surface area contributed by atoms with E-state index in [4.69, 9.17) is 5.73 Å². The molecule has 0 unspecified atom stereocenters. The maximum atomic E-state index is 13.3. The van der Waals surface area contributed by atoms with Crippen LogP contribution in [0.3, 0.4) is 0 Å². The summed E-state index contributed by atoms with van der Waals surface area (Å²) in [6, 6.07) is 2.11. The van der Waals surface area contributed by atoms with Crippen molar-refractivity contribution < 1.29 is 17.6 Å². The van der Waals surface area contributed by atoms with Crippen LogP contribution in [0.1, 0.15) is 19.8 Å². The van der Waals surface area contributed by atoms with E-state index < -0.39 is 28.3 Å². The molecule has 0 atom stereocenters. The topological polar surface area (TPSA) is 80.5 Å². The smallest absolute Gasteiger partial charge is 0.245 e. The summed E-state index contributed by atoms with van der Waals surface area (Å²) in [5.74, 6) is -1.33. The van der Waals surface area contributed by atoms with Crippen molar-refractivity contribution in [2.24, 2.45) is 5.73 Å². The minimum absolute atomic E-state index is 0.0837. The molecule has 118 valence electrons. The molecule has 0 radical (unpaired) electrons. The molecule has 21 heavy (non-hydrogen) atoms. The molecule has 0 heterocycles. The van der Waals surface area contributed by atoms with E-state index in [0.717, 1.165) is 22.9 Å². The van der Waals surface area contributed by atoms with Gasteiger partial charge in [-0.05, 0) is 50.4 Å². The van der Waals surface area contributed by atoms with Gasteiger partial charge in [-0.1, -0.05) is 13.3 Å². The van der Waals surface area contributed by atoms with Crippen LogP contribution in [0.4, 0.5) is 4.39 Å². The van der Waals surface area contributed by atoms with Gasteiger partial charge in [0.15, 0.2) is 0 Å². The third kappa shape index (κ3) is 4.73. The second-order valence-corrected chi connectivity index (χ2v) is 7.94. The molecule has 0 aliphatic carbocycles. The lowest BCUT2D eigenvalue weighted by molar-refractivity contribution is -0.118. The largest absolute Gasteiger partial charge is 0.369 e. The molecular formula is C12H15Br2FN2O3S. The summed E-state index contributed by atoms with van der Waals surface area (Å²) in [7, 11) is -3.97. The Morgan fingerprint density at radius 3 is 2.29 bits per heavy atom. The molecule has 1 aromatic carbocycles. The van der Waals surface area contributed by atoms with Gasteiger partial charge in [0.25, 0.3) is 0 Å². The summed E-state index contributed by atoms with van der Waals surface area (Å²) in [6.45, 7) is 1.65. The fourth-order valence-corrected chi connectivity index (χ4v) is 5.59. The Hall–Kier alpha value is -0.510. The van der Waals surface area contributed by atoms with Gasteiger partial charge >= 0.3 is 0 Å². The van der Waals surface area contributed by atoms with Gasteiger partial charge in [0, 0.05) is 15.5 Å². The number of primary amides is 1. The minimum Gasteiger partial charge on any atom is -0.369 e. The predicted octanol–water partition coefficient (Wildman–Crippen LogP) is 2.63. The van der Waals surface area contributed by atoms with Gasteiger partial charge in [-0.15, -0.1) is 0 Å². The highest BCUT2D eigenvalue weighted by atomic mass is 79.9. The Morgan fingerprint density at radius 1 is 1.33 bits per heavy atom. The van der Waals surface area contributed by atoms with Gasteiger partial charge in [-0.2, -0.15) is 4.31 Å². The van der Waals surface area contributed by atoms with Gasteiger partial charge in [-0.25, -0.2) is 12.8 Å². The minimum atomic E-state index is -3.97. The van der Waals surface area contributed by atoms with Crippen LogP contribution in [0.15, 0.2) is 26.0 Å². The SMILES string of the molecule is CCCCN(CC(N)=O)S(=O)(=O)c1c(Br)cc(F)cc1Br. The normalized spacial score (nSPS) is 11.9. The van der Waals surface area contributed by atoms with Crippen molar-refractivity contribution in [2.75, 3.05) is 13.1 Å². The van der Waals surface area contributed by atoms with Crippen LogP contribution in [0, 0.1) is 5.82 Å². The monoisotopic (exact) mass is 444 g/mol. The van der Waals surface area contributed by atoms with Gasteiger partial charge in [0.05, 0.1) is 6.54 Å². The van der Waals surface area contributed by atoms with Crippen LogP contribution in [0.2, 0.25) is 0 Å². The summed E-state index contributed by atoms with van der Waals surface area (Å²) in [4.78, 5) is 11.0. The van der Waals surface area contributed by atoms with Gasteiger partial charge in [-0.3, -0.25) is 4.79 Å². The molecule has 1 rings (SSSR count). The van der Waals surface area contributed by atoms with Crippen molar-refractivity contribution in [1.82, 2.24) is 4.31 Å². The number of hydrogen-bond acceptors (Lipinski definition) is 3. The fraction of sp³-hybridized carbons (Fsp3) is 0.417. The van der Waals surface area contributed by atoms with E-state index in [9.17, 15) is 17.6 Å². The lowest BCUT2D eigenvalue weighted by Crippen LogP contribution is -2.39. The Balaban J connectivity index is 3.31. The van der Waals surface area contributed by atoms with Crippen molar-refractivity contribution in [2.45, 2.75) is 24.7 Å². The number of nitrogens with zero attached hydrogens (tertiary/aromatic N) is 1. The first-order valence-corrected chi connectivity index (χ1v) is 9.15. The van der Waals surface area contributed by atoms with E-state index in [1.165, 1.54) is 0 Å². The summed E-state index contributed by atoms with van der Waals surface area (Å²) in [5, 5.41) is 0. The second-order valence-electron chi connectivity index (χ2n) is 4.36. The number of carbonyl (C=O) groups excluding carboxylic acids is 1. The number of unbranched alkanes of at least 4 members (excludes halogenated alkanes) is 1. The van der Waals surface area contributed by atoms with Crippen LogP contribution in [-0.4, -0.2) is 31.7 Å². The quantitative estimate of drug-likeness (QED) is 0.700. The van der Waals surface area contributed by atoms with Gasteiger partial charge < -0.3 is 5.73 Å². The molecule has 0 aliphatic heterocycles. The first kappa shape index (κ1) is 18.5. The molecule has 0 spiro atoms. The molecule has 5 nitrogen and oxygen atoms in total. The molecule has 0 aliphatic rings. The molecular weight excluding hydrogens is 431 g/mol. The van der Waals surface area contributed by atoms with Crippen LogP contribution < -0.4 is 5.73 Å². The third-order valence-electron chi connectivity index (χ3n) is 2.65. The molecule has 0 saturated carbocycles. The Kier molecular flexibility index (Phi) is 6.76. The third-order valence-corrected chi connectivity index (χ3v) is 6.38. The Bertz CT molecular complexity index is 614. The Morgan fingerprint density at radius 2 is 1.86 bits per heavy atom. The molecule has 0 fully saturated rings. The lowest BCUT2D eigenvalue weighted by Gasteiger charge is -2.22.